The molecule has 0 aliphatic carbocycles. The van der Waals surface area contributed by atoms with Crippen molar-refractivity contribution in [1.82, 2.24) is 9.80 Å². The van der Waals surface area contributed by atoms with E-state index in [2.05, 4.69) is 5.32 Å². The van der Waals surface area contributed by atoms with E-state index in [1.54, 1.807) is 0 Å². The number of sulfone groups is 1. The molecule has 0 aromatic heterocycles. The third-order valence-corrected chi connectivity index (χ3v) is 9.48. The minimum atomic E-state index is -5.91. The number of carboxylic acid groups (broad SMARTS) is 1. The summed E-state index contributed by atoms with van der Waals surface area (Å²) in [5, 5.41) is 17.0. The van der Waals surface area contributed by atoms with Crippen LogP contribution in [0.2, 0.25) is 0 Å². The summed E-state index contributed by atoms with van der Waals surface area (Å²) in [6.45, 7) is 2.05. The fourth-order valence-electron chi connectivity index (χ4n) is 3.78. The first-order valence-electron chi connectivity index (χ1n) is 11.3. The molecule has 0 saturated carbocycles. The van der Waals surface area contributed by atoms with Crippen LogP contribution in [0.25, 0.3) is 0 Å². The molecule has 4 N–H and O–H groups in total. The van der Waals surface area contributed by atoms with Crippen molar-refractivity contribution in [2.75, 3.05) is 43.8 Å². The van der Waals surface area contributed by atoms with Crippen LogP contribution in [0.4, 0.5) is 23.7 Å². The van der Waals surface area contributed by atoms with Crippen molar-refractivity contribution in [2.24, 2.45) is 5.14 Å². The van der Waals surface area contributed by atoms with Gasteiger partial charge in [-0.25, -0.2) is 26.8 Å². The Morgan fingerprint density at radius 1 is 1.05 bits per heavy atom. The third-order valence-electron chi connectivity index (χ3n) is 5.87. The number of carbonyl (C=O) groups is 1. The number of hydrogen-bond donors (Lipinski definition) is 3. The summed E-state index contributed by atoms with van der Waals surface area (Å²) in [5.74, 6) is 0.349. The standard InChI is InChI=1S/C22H27F3N4O6S3/c23-22(24,25)37(32,33)20-14-18(38(26,34)35)6-7-19(20)27-16(15-36-17-4-2-1-3-5-17)8-9-28-10-12-29(13-11-28)21(30)31/h1-7,14,16,27H,8-13,15H2,(H,30,31)(H2,26,34,35)/t16-/m1/s1. The maximum absolute atomic E-state index is 13.5. The Kier molecular flexibility index (Phi) is 9.57. The zero-order valence-electron chi connectivity index (χ0n) is 20.0. The lowest BCUT2D eigenvalue weighted by molar-refractivity contribution is -0.0435. The molecule has 1 atom stereocenters. The van der Waals surface area contributed by atoms with Crippen molar-refractivity contribution in [1.29, 1.82) is 0 Å². The Hall–Kier alpha value is -2.53. The number of sulfonamides is 1. The molecule has 2 aromatic rings. The molecule has 38 heavy (non-hydrogen) atoms. The summed E-state index contributed by atoms with van der Waals surface area (Å²) in [6.07, 6.45) is -0.625. The summed E-state index contributed by atoms with van der Waals surface area (Å²) in [5.41, 5.74) is -6.07. The minimum Gasteiger partial charge on any atom is -0.465 e. The first kappa shape index (κ1) is 30.0. The summed E-state index contributed by atoms with van der Waals surface area (Å²) < 4.78 is 88.5. The summed E-state index contributed by atoms with van der Waals surface area (Å²) in [6, 6.07) is 11.0. The molecule has 0 spiro atoms. The third kappa shape index (κ3) is 7.75. The Bertz CT molecular complexity index is 1330. The molecule has 0 unspecified atom stereocenters. The van der Waals surface area contributed by atoms with Gasteiger partial charge in [0, 0.05) is 49.4 Å². The highest BCUT2D eigenvalue weighted by atomic mass is 32.2. The monoisotopic (exact) mass is 596 g/mol. The van der Waals surface area contributed by atoms with E-state index in [9.17, 15) is 34.8 Å². The lowest BCUT2D eigenvalue weighted by Crippen LogP contribution is -2.49. The Morgan fingerprint density at radius 3 is 2.24 bits per heavy atom. The molecule has 3 rings (SSSR count). The van der Waals surface area contributed by atoms with Crippen molar-refractivity contribution in [3.63, 3.8) is 0 Å². The molecular weight excluding hydrogens is 569 g/mol. The fraction of sp³-hybridized carbons (Fsp3) is 0.409. The van der Waals surface area contributed by atoms with E-state index in [-0.39, 0.29) is 0 Å². The molecule has 1 fully saturated rings. The van der Waals surface area contributed by atoms with Crippen LogP contribution in [-0.4, -0.2) is 87.9 Å². The number of thioether (sulfide) groups is 1. The lowest BCUT2D eigenvalue weighted by Gasteiger charge is -2.34. The first-order valence-corrected chi connectivity index (χ1v) is 15.3. The molecule has 1 heterocycles. The molecule has 0 radical (unpaired) electrons. The summed E-state index contributed by atoms with van der Waals surface area (Å²) in [7, 11) is -10.4. The predicted molar refractivity (Wildman–Crippen MR) is 136 cm³/mol. The van der Waals surface area contributed by atoms with E-state index >= 15 is 0 Å². The Morgan fingerprint density at radius 2 is 1.68 bits per heavy atom. The quantitative estimate of drug-likeness (QED) is 0.352. The number of benzene rings is 2. The highest BCUT2D eigenvalue weighted by molar-refractivity contribution is 7.99. The number of amides is 1. The SMILES string of the molecule is NS(=O)(=O)c1ccc(N[C@H](CCN2CCN(C(=O)O)CC2)CSc2ccccc2)c(S(=O)(=O)C(F)(F)F)c1. The molecular formula is C22H27F3N4O6S3. The van der Waals surface area contributed by atoms with Gasteiger partial charge in [0.25, 0.3) is 9.84 Å². The Balaban J connectivity index is 1.87. The fourth-order valence-corrected chi connectivity index (χ4v) is 6.33. The summed E-state index contributed by atoms with van der Waals surface area (Å²) in [4.78, 5) is 13.3. The van der Waals surface area contributed by atoms with Gasteiger partial charge in [0.2, 0.25) is 10.0 Å². The zero-order chi connectivity index (χ0) is 28.1. The van der Waals surface area contributed by atoms with Crippen molar-refractivity contribution in [3.8, 4) is 0 Å². The second-order valence-corrected chi connectivity index (χ2v) is 13.1. The van der Waals surface area contributed by atoms with Crippen LogP contribution in [0.15, 0.2) is 63.2 Å². The van der Waals surface area contributed by atoms with Crippen LogP contribution < -0.4 is 10.5 Å². The average Bonchev–Trinajstić information content (AvgIpc) is 2.85. The van der Waals surface area contributed by atoms with Gasteiger partial charge in [-0.3, -0.25) is 4.90 Å². The van der Waals surface area contributed by atoms with Gasteiger partial charge in [0.05, 0.1) is 10.6 Å². The average molecular weight is 597 g/mol. The highest BCUT2D eigenvalue weighted by Gasteiger charge is 2.48. The topological polar surface area (TPSA) is 150 Å². The molecule has 210 valence electrons. The second-order valence-electron chi connectivity index (χ2n) is 8.52. The van der Waals surface area contributed by atoms with Crippen molar-refractivity contribution >= 4 is 43.4 Å². The Labute approximate surface area is 223 Å². The summed E-state index contributed by atoms with van der Waals surface area (Å²) >= 11 is 1.41. The van der Waals surface area contributed by atoms with E-state index in [0.29, 0.717) is 51.0 Å². The van der Waals surface area contributed by atoms with Gasteiger partial charge in [-0.15, -0.1) is 11.8 Å². The van der Waals surface area contributed by atoms with Crippen LogP contribution in [0, 0.1) is 0 Å². The zero-order valence-corrected chi connectivity index (χ0v) is 22.4. The molecule has 2 aromatic carbocycles. The van der Waals surface area contributed by atoms with E-state index in [1.165, 1.54) is 16.7 Å². The van der Waals surface area contributed by atoms with Crippen LogP contribution in [0.1, 0.15) is 6.42 Å². The van der Waals surface area contributed by atoms with Gasteiger partial charge in [-0.1, -0.05) is 18.2 Å². The number of halogens is 3. The van der Waals surface area contributed by atoms with Gasteiger partial charge < -0.3 is 15.3 Å². The number of nitrogens with two attached hydrogens (primary N) is 1. The molecule has 10 nitrogen and oxygen atoms in total. The largest absolute Gasteiger partial charge is 0.501 e. The number of alkyl halides is 3. The van der Waals surface area contributed by atoms with E-state index in [4.69, 9.17) is 10.2 Å². The smallest absolute Gasteiger partial charge is 0.465 e. The van der Waals surface area contributed by atoms with Crippen LogP contribution in [-0.2, 0) is 19.9 Å². The van der Waals surface area contributed by atoms with Gasteiger partial charge in [0.15, 0.2) is 0 Å². The number of hydrogen-bond acceptors (Lipinski definition) is 8. The van der Waals surface area contributed by atoms with Gasteiger partial charge in [-0.2, -0.15) is 13.2 Å². The normalized spacial score (nSPS) is 16.3. The van der Waals surface area contributed by atoms with Crippen molar-refractivity contribution < 1.29 is 39.9 Å². The molecule has 0 bridgehead atoms. The van der Waals surface area contributed by atoms with Crippen LogP contribution in [0.3, 0.4) is 0 Å². The molecule has 1 amide bonds. The number of piperazine rings is 1. The van der Waals surface area contributed by atoms with E-state index in [0.717, 1.165) is 17.0 Å². The van der Waals surface area contributed by atoms with Crippen molar-refractivity contribution in [3.05, 3.63) is 48.5 Å². The van der Waals surface area contributed by atoms with Crippen molar-refractivity contribution in [2.45, 2.75) is 32.7 Å². The molecule has 1 aliphatic rings. The number of anilines is 1. The lowest BCUT2D eigenvalue weighted by atomic mass is 10.2. The number of rotatable bonds is 10. The number of primary sulfonamides is 1. The minimum absolute atomic E-state index is 0.315. The van der Waals surface area contributed by atoms with E-state index < -0.39 is 53.0 Å². The number of nitrogens with zero attached hydrogens (tertiary/aromatic N) is 2. The molecule has 1 aliphatic heterocycles. The first-order chi connectivity index (χ1) is 17.7. The van der Waals surface area contributed by atoms with Crippen LogP contribution in [0.5, 0.6) is 0 Å². The maximum Gasteiger partial charge on any atom is 0.501 e. The van der Waals surface area contributed by atoms with Gasteiger partial charge >= 0.3 is 11.6 Å². The maximum atomic E-state index is 13.5. The molecule has 1 saturated heterocycles. The second kappa shape index (κ2) is 12.1. The van der Waals surface area contributed by atoms with Gasteiger partial charge in [0.1, 0.15) is 4.90 Å². The number of nitrogens with one attached hydrogen (secondary N) is 1. The van der Waals surface area contributed by atoms with Gasteiger partial charge in [-0.05, 0) is 36.8 Å². The van der Waals surface area contributed by atoms with Crippen LogP contribution >= 0.6 is 11.8 Å². The van der Waals surface area contributed by atoms with E-state index in [1.807, 2.05) is 35.2 Å². The highest BCUT2D eigenvalue weighted by Crippen LogP contribution is 2.36. The predicted octanol–water partition coefficient (Wildman–Crippen LogP) is 2.89. The molecule has 16 heteroatoms.